The number of hydrogen-bond donors (Lipinski definition) is 1. The van der Waals surface area contributed by atoms with E-state index in [0.29, 0.717) is 29.4 Å². The van der Waals surface area contributed by atoms with Gasteiger partial charge in [-0.3, -0.25) is 4.79 Å². The standard InChI is InChI=1S/C25H26FNO4/c1-4-30-24-13-10-19(25(28)27-17(2)18-8-11-21(26)12-9-18)14-20(24)16-31-23-7-5-6-22(15-23)29-3/h5-15,17H,4,16H2,1-3H3,(H,27,28)/t17-/m1/s1. The van der Waals surface area contributed by atoms with E-state index in [9.17, 15) is 9.18 Å². The molecule has 0 radical (unpaired) electrons. The van der Waals surface area contributed by atoms with E-state index in [1.165, 1.54) is 12.1 Å². The molecule has 31 heavy (non-hydrogen) atoms. The fourth-order valence-electron chi connectivity index (χ4n) is 3.10. The van der Waals surface area contributed by atoms with Crippen LogP contribution in [0.3, 0.4) is 0 Å². The van der Waals surface area contributed by atoms with Gasteiger partial charge < -0.3 is 19.5 Å². The fourth-order valence-corrected chi connectivity index (χ4v) is 3.10. The SMILES string of the molecule is CCOc1ccc(C(=O)N[C@H](C)c2ccc(F)cc2)cc1COc1cccc(OC)c1. The summed E-state index contributed by atoms with van der Waals surface area (Å²) in [7, 11) is 1.60. The van der Waals surface area contributed by atoms with E-state index in [1.807, 2.05) is 32.0 Å². The predicted molar refractivity (Wildman–Crippen MR) is 117 cm³/mol. The zero-order valence-corrected chi connectivity index (χ0v) is 17.9. The van der Waals surface area contributed by atoms with Gasteiger partial charge in [0.1, 0.15) is 29.7 Å². The zero-order valence-electron chi connectivity index (χ0n) is 17.9. The molecule has 0 unspecified atom stereocenters. The number of carbonyl (C=O) groups excluding carboxylic acids is 1. The van der Waals surface area contributed by atoms with Gasteiger partial charge in [-0.1, -0.05) is 18.2 Å². The number of benzene rings is 3. The lowest BCUT2D eigenvalue weighted by Gasteiger charge is -2.16. The van der Waals surface area contributed by atoms with Crippen molar-refractivity contribution in [1.82, 2.24) is 5.32 Å². The van der Waals surface area contributed by atoms with Crippen LogP contribution in [0, 0.1) is 5.82 Å². The number of halogens is 1. The lowest BCUT2D eigenvalue weighted by molar-refractivity contribution is 0.0939. The average molecular weight is 423 g/mol. The Balaban J connectivity index is 1.74. The van der Waals surface area contributed by atoms with E-state index in [4.69, 9.17) is 14.2 Å². The fraction of sp³-hybridized carbons (Fsp3) is 0.240. The smallest absolute Gasteiger partial charge is 0.251 e. The Morgan fingerprint density at radius 2 is 1.74 bits per heavy atom. The van der Waals surface area contributed by atoms with E-state index < -0.39 is 0 Å². The van der Waals surface area contributed by atoms with Gasteiger partial charge in [-0.25, -0.2) is 4.39 Å². The van der Waals surface area contributed by atoms with Crippen molar-refractivity contribution in [2.45, 2.75) is 26.5 Å². The van der Waals surface area contributed by atoms with Crippen molar-refractivity contribution in [3.8, 4) is 17.2 Å². The Hall–Kier alpha value is -3.54. The molecule has 1 atom stereocenters. The third-order valence-electron chi connectivity index (χ3n) is 4.78. The van der Waals surface area contributed by atoms with E-state index in [-0.39, 0.29) is 24.4 Å². The molecule has 0 spiro atoms. The quantitative estimate of drug-likeness (QED) is 0.507. The van der Waals surface area contributed by atoms with Crippen LogP contribution in [0.15, 0.2) is 66.7 Å². The minimum absolute atomic E-state index is 0.233. The molecule has 3 rings (SSSR count). The summed E-state index contributed by atoms with van der Waals surface area (Å²) < 4.78 is 29.9. The van der Waals surface area contributed by atoms with E-state index in [2.05, 4.69) is 5.32 Å². The molecule has 0 aromatic heterocycles. The minimum atomic E-state index is -0.311. The third-order valence-corrected chi connectivity index (χ3v) is 4.78. The molecule has 0 saturated heterocycles. The molecule has 0 fully saturated rings. The molecule has 3 aromatic rings. The number of rotatable bonds is 9. The van der Waals surface area contributed by atoms with Crippen molar-refractivity contribution in [3.05, 3.63) is 89.2 Å². The Morgan fingerprint density at radius 3 is 2.45 bits per heavy atom. The number of methoxy groups -OCH3 is 1. The van der Waals surface area contributed by atoms with Crippen LogP contribution in [-0.4, -0.2) is 19.6 Å². The lowest BCUT2D eigenvalue weighted by atomic mass is 10.1. The van der Waals surface area contributed by atoms with Crippen LogP contribution in [0.1, 0.15) is 41.4 Å². The van der Waals surface area contributed by atoms with E-state index in [0.717, 1.165) is 11.1 Å². The van der Waals surface area contributed by atoms with Crippen LogP contribution < -0.4 is 19.5 Å². The van der Waals surface area contributed by atoms with Crippen molar-refractivity contribution < 1.29 is 23.4 Å². The van der Waals surface area contributed by atoms with Crippen molar-refractivity contribution in [2.24, 2.45) is 0 Å². The van der Waals surface area contributed by atoms with Crippen molar-refractivity contribution >= 4 is 5.91 Å². The summed E-state index contributed by atoms with van der Waals surface area (Å²) in [5, 5.41) is 2.94. The molecular weight excluding hydrogens is 397 g/mol. The zero-order chi connectivity index (χ0) is 22.2. The Morgan fingerprint density at radius 1 is 1.00 bits per heavy atom. The summed E-state index contributed by atoms with van der Waals surface area (Å²) in [5.41, 5.74) is 2.07. The molecule has 1 amide bonds. The molecule has 5 nitrogen and oxygen atoms in total. The number of carbonyl (C=O) groups is 1. The summed E-state index contributed by atoms with van der Waals surface area (Å²) in [6, 6.07) is 18.4. The predicted octanol–water partition coefficient (Wildman–Crippen LogP) is 5.30. The van der Waals surface area contributed by atoms with Crippen LogP contribution >= 0.6 is 0 Å². The molecule has 0 saturated carbocycles. The monoisotopic (exact) mass is 423 g/mol. The van der Waals surface area contributed by atoms with Crippen molar-refractivity contribution in [1.29, 1.82) is 0 Å². The number of ether oxygens (including phenoxy) is 3. The van der Waals surface area contributed by atoms with Crippen LogP contribution in [0.2, 0.25) is 0 Å². The van der Waals surface area contributed by atoms with Crippen LogP contribution in [0.5, 0.6) is 17.2 Å². The molecule has 0 heterocycles. The second-order valence-corrected chi connectivity index (χ2v) is 6.97. The summed E-state index contributed by atoms with van der Waals surface area (Å²) in [4.78, 5) is 12.8. The minimum Gasteiger partial charge on any atom is -0.497 e. The largest absolute Gasteiger partial charge is 0.497 e. The van der Waals surface area contributed by atoms with Gasteiger partial charge in [-0.2, -0.15) is 0 Å². The molecule has 6 heteroatoms. The number of amides is 1. The van der Waals surface area contributed by atoms with Gasteiger partial charge in [-0.05, 0) is 61.9 Å². The first-order chi connectivity index (χ1) is 15.0. The Labute approximate surface area is 181 Å². The van der Waals surface area contributed by atoms with Gasteiger partial charge in [0.15, 0.2) is 0 Å². The molecule has 0 aliphatic heterocycles. The first kappa shape index (κ1) is 22.2. The van der Waals surface area contributed by atoms with Gasteiger partial charge in [-0.15, -0.1) is 0 Å². The van der Waals surface area contributed by atoms with Gasteiger partial charge in [0, 0.05) is 17.2 Å². The van der Waals surface area contributed by atoms with Crippen LogP contribution in [-0.2, 0) is 6.61 Å². The highest BCUT2D eigenvalue weighted by molar-refractivity contribution is 5.94. The topological polar surface area (TPSA) is 56.8 Å². The maximum Gasteiger partial charge on any atom is 0.251 e. The van der Waals surface area contributed by atoms with Crippen molar-refractivity contribution in [2.75, 3.05) is 13.7 Å². The summed E-state index contributed by atoms with van der Waals surface area (Å²) >= 11 is 0. The van der Waals surface area contributed by atoms with Gasteiger partial charge in [0.2, 0.25) is 0 Å². The normalized spacial score (nSPS) is 11.5. The van der Waals surface area contributed by atoms with Gasteiger partial charge in [0.25, 0.3) is 5.91 Å². The summed E-state index contributed by atoms with van der Waals surface area (Å²) in [6.45, 7) is 4.49. The van der Waals surface area contributed by atoms with E-state index >= 15 is 0 Å². The number of nitrogens with one attached hydrogen (secondary N) is 1. The lowest BCUT2D eigenvalue weighted by Crippen LogP contribution is -2.26. The molecule has 0 bridgehead atoms. The van der Waals surface area contributed by atoms with Crippen LogP contribution in [0.25, 0.3) is 0 Å². The molecule has 0 aliphatic carbocycles. The highest BCUT2D eigenvalue weighted by Gasteiger charge is 2.15. The average Bonchev–Trinajstić information content (AvgIpc) is 2.79. The Kier molecular flexibility index (Phi) is 7.49. The molecule has 162 valence electrons. The molecule has 0 aliphatic rings. The molecule has 1 N–H and O–H groups in total. The van der Waals surface area contributed by atoms with Crippen LogP contribution in [0.4, 0.5) is 4.39 Å². The number of hydrogen-bond acceptors (Lipinski definition) is 4. The molecule has 3 aromatic carbocycles. The maximum atomic E-state index is 13.1. The first-order valence-electron chi connectivity index (χ1n) is 10.1. The highest BCUT2D eigenvalue weighted by atomic mass is 19.1. The third kappa shape index (κ3) is 5.98. The second-order valence-electron chi connectivity index (χ2n) is 6.97. The maximum absolute atomic E-state index is 13.1. The Bertz CT molecular complexity index is 1020. The second kappa shape index (κ2) is 10.5. The van der Waals surface area contributed by atoms with Gasteiger partial charge >= 0.3 is 0 Å². The summed E-state index contributed by atoms with van der Waals surface area (Å²) in [5.74, 6) is 1.47. The highest BCUT2D eigenvalue weighted by Crippen LogP contribution is 2.25. The van der Waals surface area contributed by atoms with Gasteiger partial charge in [0.05, 0.1) is 19.8 Å². The van der Waals surface area contributed by atoms with E-state index in [1.54, 1.807) is 43.5 Å². The summed E-state index contributed by atoms with van der Waals surface area (Å²) in [6.07, 6.45) is 0. The first-order valence-corrected chi connectivity index (χ1v) is 10.1. The van der Waals surface area contributed by atoms with Crippen molar-refractivity contribution in [3.63, 3.8) is 0 Å². The molecular formula is C25H26FNO4.